The van der Waals surface area contributed by atoms with Crippen LogP contribution in [0.4, 0.5) is 0 Å². The van der Waals surface area contributed by atoms with Crippen molar-refractivity contribution in [2.75, 3.05) is 13.7 Å². The molecule has 0 aromatic heterocycles. The van der Waals surface area contributed by atoms with Crippen LogP contribution in [0.3, 0.4) is 0 Å². The van der Waals surface area contributed by atoms with Crippen molar-refractivity contribution in [2.45, 2.75) is 26.8 Å². The van der Waals surface area contributed by atoms with Gasteiger partial charge in [0, 0.05) is 5.56 Å². The second-order valence-electron chi connectivity index (χ2n) is 8.52. The minimum absolute atomic E-state index is 0.0599. The molecule has 0 spiro atoms. The Kier molecular flexibility index (Phi) is 5.92. The second kappa shape index (κ2) is 8.62. The number of benzene rings is 3. The van der Waals surface area contributed by atoms with Gasteiger partial charge in [-0.1, -0.05) is 81.4 Å². The van der Waals surface area contributed by atoms with E-state index in [9.17, 15) is 0 Å². The summed E-state index contributed by atoms with van der Waals surface area (Å²) in [6, 6.07) is 27.8. The van der Waals surface area contributed by atoms with Gasteiger partial charge < -0.3 is 9.47 Å². The fourth-order valence-corrected chi connectivity index (χ4v) is 5.97. The minimum Gasteiger partial charge on any atom is -0.497 e. The molecular weight excluding hydrogens is 389 g/mol. The van der Waals surface area contributed by atoms with E-state index in [4.69, 9.17) is 14.5 Å². The van der Waals surface area contributed by atoms with E-state index in [0.717, 1.165) is 17.2 Å². The van der Waals surface area contributed by atoms with Crippen molar-refractivity contribution in [3.63, 3.8) is 0 Å². The number of ether oxygens (including phenoxy) is 2. The highest BCUT2D eigenvalue weighted by Gasteiger charge is 2.32. The summed E-state index contributed by atoms with van der Waals surface area (Å²) >= 11 is 0. The first-order chi connectivity index (χ1) is 14.5. The molecule has 0 fully saturated rings. The van der Waals surface area contributed by atoms with E-state index in [2.05, 4.69) is 93.6 Å². The molecule has 3 aromatic rings. The lowest BCUT2D eigenvalue weighted by Crippen LogP contribution is -2.25. The second-order valence-corrected chi connectivity index (χ2v) is 10.7. The quantitative estimate of drug-likeness (QED) is 0.566. The number of rotatable bonds is 5. The number of nitrogens with zero attached hydrogens (tertiary/aromatic N) is 1. The van der Waals surface area contributed by atoms with Crippen molar-refractivity contribution in [1.82, 2.24) is 0 Å². The van der Waals surface area contributed by atoms with Crippen molar-refractivity contribution < 1.29 is 9.47 Å². The Hall–Kier alpha value is -2.64. The maximum atomic E-state index is 6.15. The molecule has 0 radical (unpaired) electrons. The SMILES string of the molecule is COc1ccc(P(c2ccccc2)c2ccccc2)c(C2=N[C@@H](C(C)(C)C)CO2)c1. The van der Waals surface area contributed by atoms with Crippen molar-refractivity contribution in [2.24, 2.45) is 10.4 Å². The molecule has 0 N–H and O–H groups in total. The van der Waals surface area contributed by atoms with Gasteiger partial charge in [0.05, 0.1) is 13.2 Å². The Morgan fingerprint density at radius 1 is 0.900 bits per heavy atom. The number of methoxy groups -OCH3 is 1. The monoisotopic (exact) mass is 417 g/mol. The molecule has 1 atom stereocenters. The molecular formula is C26H28NO2P. The van der Waals surface area contributed by atoms with Gasteiger partial charge in [-0.25, -0.2) is 4.99 Å². The molecule has 0 unspecified atom stereocenters. The van der Waals surface area contributed by atoms with Crippen LogP contribution in [0, 0.1) is 5.41 Å². The predicted molar refractivity (Wildman–Crippen MR) is 127 cm³/mol. The molecule has 0 saturated heterocycles. The Bertz CT molecular complexity index is 986. The Labute approximate surface area is 180 Å². The average molecular weight is 417 g/mol. The molecule has 1 heterocycles. The van der Waals surface area contributed by atoms with Crippen LogP contribution in [-0.2, 0) is 4.74 Å². The van der Waals surface area contributed by atoms with E-state index in [1.165, 1.54) is 15.9 Å². The zero-order valence-electron chi connectivity index (χ0n) is 18.0. The molecule has 4 rings (SSSR count). The minimum atomic E-state index is -0.759. The molecule has 4 heteroatoms. The summed E-state index contributed by atoms with van der Waals surface area (Å²) in [5.74, 6) is 1.54. The van der Waals surface area contributed by atoms with Crippen LogP contribution in [0.5, 0.6) is 5.75 Å². The predicted octanol–water partition coefficient (Wildman–Crippen LogP) is 4.64. The summed E-state index contributed by atoms with van der Waals surface area (Å²) in [7, 11) is 0.941. The van der Waals surface area contributed by atoms with Crippen LogP contribution >= 0.6 is 7.92 Å². The van der Waals surface area contributed by atoms with Gasteiger partial charge in [0.1, 0.15) is 12.4 Å². The highest BCUT2D eigenvalue weighted by Crippen LogP contribution is 2.36. The zero-order valence-corrected chi connectivity index (χ0v) is 18.9. The maximum Gasteiger partial charge on any atom is 0.217 e. The first-order valence-corrected chi connectivity index (χ1v) is 11.6. The van der Waals surface area contributed by atoms with E-state index < -0.39 is 7.92 Å². The first kappa shape index (κ1) is 20.6. The van der Waals surface area contributed by atoms with E-state index in [1.807, 2.05) is 6.07 Å². The van der Waals surface area contributed by atoms with Gasteiger partial charge in [-0.2, -0.15) is 0 Å². The van der Waals surface area contributed by atoms with Crippen LogP contribution in [0.15, 0.2) is 83.9 Å². The lowest BCUT2D eigenvalue weighted by atomic mass is 9.88. The third-order valence-electron chi connectivity index (χ3n) is 5.35. The molecule has 0 saturated carbocycles. The number of hydrogen-bond donors (Lipinski definition) is 0. The van der Waals surface area contributed by atoms with E-state index in [1.54, 1.807) is 7.11 Å². The molecule has 0 aliphatic carbocycles. The van der Waals surface area contributed by atoms with Crippen LogP contribution < -0.4 is 20.7 Å². The number of aliphatic imine (C=N–C) groups is 1. The van der Waals surface area contributed by atoms with Gasteiger partial charge in [-0.05, 0) is 47.4 Å². The Balaban J connectivity index is 1.88. The van der Waals surface area contributed by atoms with Crippen LogP contribution in [0.25, 0.3) is 0 Å². The Morgan fingerprint density at radius 2 is 1.50 bits per heavy atom. The lowest BCUT2D eigenvalue weighted by molar-refractivity contribution is 0.236. The van der Waals surface area contributed by atoms with Crippen molar-refractivity contribution in [3.8, 4) is 5.75 Å². The van der Waals surface area contributed by atoms with Crippen LogP contribution in [-0.4, -0.2) is 25.7 Å². The van der Waals surface area contributed by atoms with Gasteiger partial charge in [0.2, 0.25) is 5.90 Å². The van der Waals surface area contributed by atoms with Gasteiger partial charge >= 0.3 is 0 Å². The average Bonchev–Trinajstić information content (AvgIpc) is 3.26. The normalized spacial score (nSPS) is 16.3. The maximum absolute atomic E-state index is 6.15. The van der Waals surface area contributed by atoms with E-state index >= 15 is 0 Å². The molecule has 0 bridgehead atoms. The molecule has 1 aliphatic heterocycles. The van der Waals surface area contributed by atoms with Crippen LogP contribution in [0.2, 0.25) is 0 Å². The first-order valence-electron chi connectivity index (χ1n) is 10.3. The van der Waals surface area contributed by atoms with E-state index in [-0.39, 0.29) is 11.5 Å². The zero-order chi connectivity index (χ0) is 21.1. The summed E-state index contributed by atoms with van der Waals surface area (Å²) in [6.07, 6.45) is 0. The standard InChI is InChI=1S/C26H28NO2P/c1-26(2,3)24-18-29-25(27-24)22-17-19(28-4)15-16-23(22)30(20-11-7-5-8-12-20)21-13-9-6-10-14-21/h5-17,24H,18H2,1-4H3/t24-/m1/s1. The summed E-state index contributed by atoms with van der Waals surface area (Å²) in [4.78, 5) is 4.98. The van der Waals surface area contributed by atoms with Crippen molar-refractivity contribution in [1.29, 1.82) is 0 Å². The fraction of sp³-hybridized carbons (Fsp3) is 0.269. The van der Waals surface area contributed by atoms with Crippen molar-refractivity contribution in [3.05, 3.63) is 84.4 Å². The molecule has 154 valence electrons. The van der Waals surface area contributed by atoms with Gasteiger partial charge in [-0.15, -0.1) is 0 Å². The smallest absolute Gasteiger partial charge is 0.217 e. The lowest BCUT2D eigenvalue weighted by Gasteiger charge is -2.22. The molecule has 3 aromatic carbocycles. The van der Waals surface area contributed by atoms with Crippen LogP contribution in [0.1, 0.15) is 26.3 Å². The summed E-state index contributed by atoms with van der Waals surface area (Å²) in [5, 5.41) is 3.84. The molecule has 3 nitrogen and oxygen atoms in total. The number of hydrogen-bond acceptors (Lipinski definition) is 3. The summed E-state index contributed by atoms with van der Waals surface area (Å²) < 4.78 is 11.7. The third kappa shape index (κ3) is 4.27. The molecule has 30 heavy (non-hydrogen) atoms. The van der Waals surface area contributed by atoms with Gasteiger partial charge in [0.25, 0.3) is 0 Å². The van der Waals surface area contributed by atoms with Gasteiger partial charge in [-0.3, -0.25) is 0 Å². The third-order valence-corrected chi connectivity index (χ3v) is 7.86. The summed E-state index contributed by atoms with van der Waals surface area (Å²) in [5.41, 5.74) is 1.09. The fourth-order valence-electron chi connectivity index (χ4n) is 3.55. The topological polar surface area (TPSA) is 30.8 Å². The van der Waals surface area contributed by atoms with Crippen molar-refractivity contribution >= 4 is 29.7 Å². The van der Waals surface area contributed by atoms with Gasteiger partial charge in [0.15, 0.2) is 0 Å². The van der Waals surface area contributed by atoms with E-state index in [0.29, 0.717) is 6.61 Å². The highest BCUT2D eigenvalue weighted by atomic mass is 31.1. The summed E-state index contributed by atoms with van der Waals surface area (Å²) in [6.45, 7) is 7.24. The Morgan fingerprint density at radius 3 is 2.00 bits per heavy atom. The highest BCUT2D eigenvalue weighted by molar-refractivity contribution is 7.80. The molecule has 1 aliphatic rings. The molecule has 0 amide bonds. The largest absolute Gasteiger partial charge is 0.497 e.